The van der Waals surface area contributed by atoms with Crippen LogP contribution in [0.15, 0.2) is 11.8 Å². The third-order valence-corrected chi connectivity index (χ3v) is 3.10. The van der Waals surface area contributed by atoms with Crippen molar-refractivity contribution >= 4 is 5.78 Å². The van der Waals surface area contributed by atoms with Crippen LogP contribution in [0, 0.1) is 0 Å². The molecular formula is C11H18N2O2. The molecule has 1 saturated heterocycles. The third kappa shape index (κ3) is 2.21. The van der Waals surface area contributed by atoms with Gasteiger partial charge in [-0.05, 0) is 20.2 Å². The largest absolute Gasteiger partial charge is 0.490 e. The van der Waals surface area contributed by atoms with Crippen molar-refractivity contribution in [3.63, 3.8) is 0 Å². The first-order valence-electron chi connectivity index (χ1n) is 5.44. The predicted molar refractivity (Wildman–Crippen MR) is 57.6 cm³/mol. The minimum atomic E-state index is -0.0342. The first-order chi connectivity index (χ1) is 7.18. The van der Waals surface area contributed by atoms with Crippen LogP contribution in [0.2, 0.25) is 0 Å². The number of carbonyl (C=O) groups is 1. The van der Waals surface area contributed by atoms with Gasteiger partial charge in [0.2, 0.25) is 5.78 Å². The summed E-state index contributed by atoms with van der Waals surface area (Å²) < 4.78 is 5.32. The minimum Gasteiger partial charge on any atom is -0.490 e. The monoisotopic (exact) mass is 210 g/mol. The molecule has 0 saturated carbocycles. The molecule has 84 valence electrons. The Kier molecular flexibility index (Phi) is 3.07. The van der Waals surface area contributed by atoms with Gasteiger partial charge in [0, 0.05) is 26.1 Å². The van der Waals surface area contributed by atoms with Crippen LogP contribution in [-0.2, 0) is 9.53 Å². The van der Waals surface area contributed by atoms with Gasteiger partial charge >= 0.3 is 0 Å². The van der Waals surface area contributed by atoms with Crippen LogP contribution in [-0.4, -0.2) is 62.0 Å². The molecule has 0 bridgehead atoms. The number of ether oxygens (including phenoxy) is 1. The molecule has 4 nitrogen and oxygen atoms in total. The van der Waals surface area contributed by atoms with Crippen molar-refractivity contribution in [2.24, 2.45) is 0 Å². The van der Waals surface area contributed by atoms with Crippen LogP contribution < -0.4 is 0 Å². The van der Waals surface area contributed by atoms with Gasteiger partial charge in [-0.1, -0.05) is 0 Å². The van der Waals surface area contributed by atoms with Gasteiger partial charge in [0.05, 0.1) is 12.6 Å². The van der Waals surface area contributed by atoms with Crippen LogP contribution >= 0.6 is 0 Å². The molecule has 1 fully saturated rings. The van der Waals surface area contributed by atoms with E-state index in [-0.39, 0.29) is 11.8 Å². The molecule has 0 radical (unpaired) electrons. The van der Waals surface area contributed by atoms with Gasteiger partial charge in [-0.3, -0.25) is 9.69 Å². The molecule has 2 rings (SSSR count). The van der Waals surface area contributed by atoms with Crippen LogP contribution in [0.5, 0.6) is 0 Å². The number of carbonyl (C=O) groups excluding carboxylic acids is 1. The number of nitrogens with zero attached hydrogens (tertiary/aromatic N) is 2. The summed E-state index contributed by atoms with van der Waals surface area (Å²) >= 11 is 0. The summed E-state index contributed by atoms with van der Waals surface area (Å²) in [6.45, 7) is 3.43. The highest BCUT2D eigenvalue weighted by Gasteiger charge is 2.31. The average molecular weight is 210 g/mol. The molecule has 0 N–H and O–H groups in total. The molecule has 2 aliphatic heterocycles. The first kappa shape index (κ1) is 10.6. The zero-order valence-corrected chi connectivity index (χ0v) is 9.40. The Morgan fingerprint density at radius 1 is 1.47 bits per heavy atom. The fraction of sp³-hybridized carbons (Fsp3) is 0.727. The maximum atomic E-state index is 12.1. The minimum absolute atomic E-state index is 0.0342. The molecular weight excluding hydrogens is 192 g/mol. The van der Waals surface area contributed by atoms with Crippen LogP contribution in [0.25, 0.3) is 0 Å². The molecule has 2 aliphatic rings. The average Bonchev–Trinajstić information content (AvgIpc) is 2.74. The zero-order valence-electron chi connectivity index (χ0n) is 9.40. The number of ketones is 1. The second-order valence-corrected chi connectivity index (χ2v) is 4.33. The zero-order chi connectivity index (χ0) is 10.8. The second-order valence-electron chi connectivity index (χ2n) is 4.33. The van der Waals surface area contributed by atoms with Crippen molar-refractivity contribution in [2.75, 3.05) is 40.3 Å². The normalized spacial score (nSPS) is 28.7. The Balaban J connectivity index is 2.04. The lowest BCUT2D eigenvalue weighted by molar-refractivity contribution is -0.125. The number of Topliss-reactive ketones (excluding diaryl/α,β-unsaturated/α-hetero) is 1. The van der Waals surface area contributed by atoms with Crippen LogP contribution in [0.3, 0.4) is 0 Å². The second kappa shape index (κ2) is 4.33. The first-order valence-corrected chi connectivity index (χ1v) is 5.44. The maximum absolute atomic E-state index is 12.1. The van der Waals surface area contributed by atoms with Crippen molar-refractivity contribution in [1.82, 2.24) is 9.80 Å². The van der Waals surface area contributed by atoms with Crippen LogP contribution in [0.4, 0.5) is 0 Å². The lowest BCUT2D eigenvalue weighted by Gasteiger charge is -2.36. The van der Waals surface area contributed by atoms with Gasteiger partial charge in [0.1, 0.15) is 0 Å². The molecule has 1 unspecified atom stereocenters. The number of hydrogen-bond donors (Lipinski definition) is 0. The third-order valence-electron chi connectivity index (χ3n) is 3.10. The molecule has 0 aromatic rings. The Morgan fingerprint density at radius 2 is 2.27 bits per heavy atom. The molecule has 0 amide bonds. The number of hydrogen-bond acceptors (Lipinski definition) is 4. The van der Waals surface area contributed by atoms with Crippen LogP contribution in [0.1, 0.15) is 6.42 Å². The molecule has 0 spiro atoms. The van der Waals surface area contributed by atoms with Gasteiger partial charge in [0.25, 0.3) is 0 Å². The summed E-state index contributed by atoms with van der Waals surface area (Å²) in [6.07, 6.45) is 2.78. The van der Waals surface area contributed by atoms with Gasteiger partial charge in [0.15, 0.2) is 5.76 Å². The summed E-state index contributed by atoms with van der Waals surface area (Å²) in [5.74, 6) is 0.712. The number of rotatable bonds is 2. The molecule has 15 heavy (non-hydrogen) atoms. The highest BCUT2D eigenvalue weighted by atomic mass is 16.5. The standard InChI is InChI=1S/C11H18N2O2/c1-12-5-6-13(2)9(8-12)11(14)10-4-3-7-15-10/h4,9H,3,5-8H2,1-2H3. The van der Waals surface area contributed by atoms with E-state index in [1.54, 1.807) is 0 Å². The van der Waals surface area contributed by atoms with E-state index in [1.807, 2.05) is 13.1 Å². The van der Waals surface area contributed by atoms with E-state index in [2.05, 4.69) is 16.8 Å². The fourth-order valence-corrected chi connectivity index (χ4v) is 2.05. The highest BCUT2D eigenvalue weighted by Crippen LogP contribution is 2.16. The smallest absolute Gasteiger partial charge is 0.215 e. The summed E-state index contributed by atoms with van der Waals surface area (Å²) in [5, 5.41) is 0. The van der Waals surface area contributed by atoms with E-state index in [0.29, 0.717) is 12.4 Å². The van der Waals surface area contributed by atoms with Gasteiger partial charge < -0.3 is 9.64 Å². The van der Waals surface area contributed by atoms with Crippen molar-refractivity contribution in [2.45, 2.75) is 12.5 Å². The predicted octanol–water partition coefficient (Wildman–Crippen LogP) is 0.105. The Hall–Kier alpha value is -0.870. The maximum Gasteiger partial charge on any atom is 0.215 e. The Labute approximate surface area is 90.5 Å². The summed E-state index contributed by atoms with van der Waals surface area (Å²) in [6, 6.07) is -0.0342. The molecule has 0 aromatic carbocycles. The van der Waals surface area contributed by atoms with Crippen molar-refractivity contribution < 1.29 is 9.53 Å². The van der Waals surface area contributed by atoms with Gasteiger partial charge in [-0.25, -0.2) is 0 Å². The van der Waals surface area contributed by atoms with E-state index < -0.39 is 0 Å². The molecule has 0 aromatic heterocycles. The lowest BCUT2D eigenvalue weighted by atomic mass is 10.1. The summed E-state index contributed by atoms with van der Waals surface area (Å²) in [4.78, 5) is 16.4. The van der Waals surface area contributed by atoms with Crippen molar-refractivity contribution in [3.8, 4) is 0 Å². The van der Waals surface area contributed by atoms with Gasteiger partial charge in [-0.2, -0.15) is 0 Å². The summed E-state index contributed by atoms with van der Waals surface area (Å²) in [7, 11) is 4.06. The number of likely N-dealkylation sites (N-methyl/N-ethyl adjacent to an activating group) is 2. The van der Waals surface area contributed by atoms with Crippen molar-refractivity contribution in [3.05, 3.63) is 11.8 Å². The topological polar surface area (TPSA) is 32.8 Å². The van der Waals surface area contributed by atoms with Crippen molar-refractivity contribution in [1.29, 1.82) is 0 Å². The lowest BCUT2D eigenvalue weighted by Crippen LogP contribution is -2.53. The molecule has 2 heterocycles. The van der Waals surface area contributed by atoms with E-state index >= 15 is 0 Å². The van der Waals surface area contributed by atoms with E-state index in [1.165, 1.54) is 0 Å². The molecule has 0 aliphatic carbocycles. The quantitative estimate of drug-likeness (QED) is 0.647. The summed E-state index contributed by atoms with van der Waals surface area (Å²) in [5.41, 5.74) is 0. The molecule has 1 atom stereocenters. The van der Waals surface area contributed by atoms with E-state index in [4.69, 9.17) is 4.74 Å². The fourth-order valence-electron chi connectivity index (χ4n) is 2.05. The number of piperazine rings is 1. The van der Waals surface area contributed by atoms with E-state index in [0.717, 1.165) is 26.1 Å². The Bertz CT molecular complexity index is 288. The van der Waals surface area contributed by atoms with E-state index in [9.17, 15) is 4.79 Å². The Morgan fingerprint density at radius 3 is 2.93 bits per heavy atom. The molecule has 4 heteroatoms. The highest BCUT2D eigenvalue weighted by molar-refractivity contribution is 5.98. The van der Waals surface area contributed by atoms with Gasteiger partial charge in [-0.15, -0.1) is 0 Å². The SMILES string of the molecule is CN1CCN(C)C(C(=O)C2=CCCO2)C1.